The zero-order valence-corrected chi connectivity index (χ0v) is 21.0. The maximum absolute atomic E-state index is 9.60. The quantitative estimate of drug-likeness (QED) is 0.154. The molecular formula is C25H52OS2. The van der Waals surface area contributed by atoms with Crippen LogP contribution in [0.3, 0.4) is 0 Å². The number of unbranched alkanes of at least 4 members (excludes halogenated alkanes) is 16. The van der Waals surface area contributed by atoms with Crippen molar-refractivity contribution in [2.24, 2.45) is 0 Å². The Morgan fingerprint density at radius 1 is 0.536 bits per heavy atom. The molecule has 0 heterocycles. The number of rotatable bonds is 24. The van der Waals surface area contributed by atoms with E-state index in [9.17, 15) is 5.11 Å². The average molecular weight is 433 g/mol. The first kappa shape index (κ1) is 28.7. The van der Waals surface area contributed by atoms with Gasteiger partial charge in [-0.05, 0) is 24.3 Å². The molecule has 0 saturated heterocycles. The number of thioether (sulfide) groups is 2. The van der Waals surface area contributed by atoms with Gasteiger partial charge in [0.15, 0.2) is 0 Å². The highest BCUT2D eigenvalue weighted by molar-refractivity contribution is 8.03. The lowest BCUT2D eigenvalue weighted by Crippen LogP contribution is -2.13. The average Bonchev–Trinajstić information content (AvgIpc) is 2.71. The molecule has 0 aromatic rings. The first-order valence-corrected chi connectivity index (χ1v) is 14.9. The normalized spacial score (nSPS) is 12.5. The molecule has 0 fully saturated rings. The van der Waals surface area contributed by atoms with E-state index in [2.05, 4.69) is 25.6 Å². The fourth-order valence-electron chi connectivity index (χ4n) is 3.55. The Morgan fingerprint density at radius 3 is 1.36 bits per heavy atom. The lowest BCUT2D eigenvalue weighted by Gasteiger charge is -2.13. The second-order valence-electron chi connectivity index (χ2n) is 8.41. The topological polar surface area (TPSA) is 20.2 Å². The van der Waals surface area contributed by atoms with Crippen molar-refractivity contribution in [3.05, 3.63) is 0 Å². The third kappa shape index (κ3) is 22.9. The number of hydrogen-bond donors (Lipinski definition) is 1. The molecule has 0 rings (SSSR count). The summed E-state index contributed by atoms with van der Waals surface area (Å²) in [6, 6.07) is 0. The van der Waals surface area contributed by atoms with E-state index in [-0.39, 0.29) is 0 Å². The molecule has 1 N–H and O–H groups in total. The van der Waals surface area contributed by atoms with Gasteiger partial charge < -0.3 is 5.11 Å². The monoisotopic (exact) mass is 432 g/mol. The molecule has 0 aliphatic carbocycles. The highest BCUT2D eigenvalue weighted by Gasteiger charge is 2.07. The summed E-state index contributed by atoms with van der Waals surface area (Å²) >= 11 is 4.07. The van der Waals surface area contributed by atoms with Gasteiger partial charge in [0.2, 0.25) is 0 Å². The lowest BCUT2D eigenvalue weighted by atomic mass is 10.1. The molecule has 0 amide bonds. The molecule has 1 atom stereocenters. The molecular weight excluding hydrogens is 380 g/mol. The van der Waals surface area contributed by atoms with Crippen LogP contribution in [0.4, 0.5) is 0 Å². The summed E-state index contributed by atoms with van der Waals surface area (Å²) in [4.78, 5) is 0. The van der Waals surface area contributed by atoms with Gasteiger partial charge in [-0.25, -0.2) is 0 Å². The van der Waals surface area contributed by atoms with Crippen molar-refractivity contribution < 1.29 is 5.11 Å². The predicted octanol–water partition coefficient (Wildman–Crippen LogP) is 8.88. The Labute approximate surface area is 187 Å². The van der Waals surface area contributed by atoms with Crippen LogP contribution in [0.1, 0.15) is 129 Å². The SMILES string of the molecule is CCCCCCCCCCCCSC(CO)CSCCCCCCCCCC. The van der Waals surface area contributed by atoms with Gasteiger partial charge >= 0.3 is 0 Å². The highest BCUT2D eigenvalue weighted by Crippen LogP contribution is 2.20. The van der Waals surface area contributed by atoms with E-state index in [4.69, 9.17) is 0 Å². The molecule has 0 aromatic carbocycles. The lowest BCUT2D eigenvalue weighted by molar-refractivity contribution is 0.301. The molecule has 0 aromatic heterocycles. The van der Waals surface area contributed by atoms with Gasteiger partial charge in [-0.3, -0.25) is 0 Å². The minimum atomic E-state index is 0.354. The minimum absolute atomic E-state index is 0.354. The van der Waals surface area contributed by atoms with Crippen LogP contribution >= 0.6 is 23.5 Å². The number of hydrogen-bond acceptors (Lipinski definition) is 3. The van der Waals surface area contributed by atoms with Crippen molar-refractivity contribution in [3.63, 3.8) is 0 Å². The second-order valence-corrected chi connectivity index (χ2v) is 11.0. The predicted molar refractivity (Wildman–Crippen MR) is 135 cm³/mol. The Balaban J connectivity index is 3.27. The summed E-state index contributed by atoms with van der Waals surface area (Å²) in [5.74, 6) is 3.65. The molecule has 28 heavy (non-hydrogen) atoms. The first-order chi connectivity index (χ1) is 13.8. The third-order valence-electron chi connectivity index (χ3n) is 5.50. The second kappa shape index (κ2) is 25.7. The van der Waals surface area contributed by atoms with Crippen molar-refractivity contribution in [2.75, 3.05) is 23.9 Å². The molecule has 1 nitrogen and oxygen atoms in total. The van der Waals surface area contributed by atoms with Gasteiger partial charge in [0, 0.05) is 11.0 Å². The molecule has 0 bridgehead atoms. The Hall–Kier alpha value is 0.660. The van der Waals surface area contributed by atoms with Crippen LogP contribution in [0.15, 0.2) is 0 Å². The number of aliphatic hydroxyl groups excluding tert-OH is 1. The summed E-state index contributed by atoms with van der Waals surface area (Å²) in [6.07, 6.45) is 25.3. The van der Waals surface area contributed by atoms with E-state index in [0.29, 0.717) is 11.9 Å². The smallest absolute Gasteiger partial charge is 0.0558 e. The van der Waals surface area contributed by atoms with E-state index in [1.165, 1.54) is 127 Å². The van der Waals surface area contributed by atoms with Crippen LogP contribution in [0.2, 0.25) is 0 Å². The maximum Gasteiger partial charge on any atom is 0.0558 e. The minimum Gasteiger partial charge on any atom is -0.395 e. The molecule has 3 heteroatoms. The molecule has 0 radical (unpaired) electrons. The fraction of sp³-hybridized carbons (Fsp3) is 1.00. The van der Waals surface area contributed by atoms with Crippen LogP contribution in [0.25, 0.3) is 0 Å². The van der Waals surface area contributed by atoms with Crippen molar-refractivity contribution in [1.29, 1.82) is 0 Å². The van der Waals surface area contributed by atoms with Crippen LogP contribution < -0.4 is 0 Å². The summed E-state index contributed by atoms with van der Waals surface area (Å²) in [5.41, 5.74) is 0. The third-order valence-corrected chi connectivity index (χ3v) is 8.24. The van der Waals surface area contributed by atoms with Gasteiger partial charge in [-0.1, -0.05) is 117 Å². The van der Waals surface area contributed by atoms with Gasteiger partial charge in [-0.2, -0.15) is 23.5 Å². The first-order valence-electron chi connectivity index (χ1n) is 12.6. The molecule has 0 saturated carbocycles. The summed E-state index contributed by atoms with van der Waals surface area (Å²) < 4.78 is 0. The maximum atomic E-state index is 9.60. The largest absolute Gasteiger partial charge is 0.395 e. The van der Waals surface area contributed by atoms with Gasteiger partial charge in [0.1, 0.15) is 0 Å². The molecule has 0 aliphatic rings. The summed E-state index contributed by atoms with van der Waals surface area (Å²) in [7, 11) is 0. The molecule has 170 valence electrons. The van der Waals surface area contributed by atoms with Crippen molar-refractivity contribution in [2.45, 2.75) is 135 Å². The van der Waals surface area contributed by atoms with E-state index >= 15 is 0 Å². The fourth-order valence-corrected chi connectivity index (χ4v) is 5.97. The zero-order valence-electron chi connectivity index (χ0n) is 19.4. The summed E-state index contributed by atoms with van der Waals surface area (Å²) in [6.45, 7) is 4.93. The standard InChI is InChI=1S/C25H52OS2/c1-3-5-7-9-11-13-14-16-18-20-22-28-25(23-26)24-27-21-19-17-15-12-10-8-6-4-2/h25-26H,3-24H2,1-2H3. The van der Waals surface area contributed by atoms with Crippen molar-refractivity contribution in [1.82, 2.24) is 0 Å². The highest BCUT2D eigenvalue weighted by atomic mass is 32.2. The van der Waals surface area contributed by atoms with Gasteiger partial charge in [-0.15, -0.1) is 0 Å². The van der Waals surface area contributed by atoms with Crippen molar-refractivity contribution >= 4 is 23.5 Å². The van der Waals surface area contributed by atoms with E-state index in [0.717, 1.165) is 5.75 Å². The van der Waals surface area contributed by atoms with Crippen LogP contribution in [0.5, 0.6) is 0 Å². The van der Waals surface area contributed by atoms with Crippen LogP contribution in [0, 0.1) is 0 Å². The van der Waals surface area contributed by atoms with Crippen molar-refractivity contribution in [3.8, 4) is 0 Å². The van der Waals surface area contributed by atoms with E-state index in [1.807, 2.05) is 11.8 Å². The van der Waals surface area contributed by atoms with Gasteiger partial charge in [0.25, 0.3) is 0 Å². The summed E-state index contributed by atoms with van der Waals surface area (Å²) in [5, 5.41) is 10.1. The van der Waals surface area contributed by atoms with E-state index < -0.39 is 0 Å². The number of aliphatic hydroxyl groups is 1. The zero-order chi connectivity index (χ0) is 20.5. The Kier molecular flexibility index (Phi) is 26.3. The van der Waals surface area contributed by atoms with Gasteiger partial charge in [0.05, 0.1) is 6.61 Å². The Bertz CT molecular complexity index is 273. The molecule has 0 aliphatic heterocycles. The van der Waals surface area contributed by atoms with Crippen LogP contribution in [-0.2, 0) is 0 Å². The Morgan fingerprint density at radius 2 is 0.929 bits per heavy atom. The molecule has 0 spiro atoms. The van der Waals surface area contributed by atoms with Crippen LogP contribution in [-0.4, -0.2) is 34.2 Å². The van der Waals surface area contributed by atoms with E-state index in [1.54, 1.807) is 0 Å². The molecule has 1 unspecified atom stereocenters.